The number of H-pyrrole nitrogens is 1. The number of nitrogens with zero attached hydrogens (tertiary/aromatic N) is 2. The van der Waals surface area contributed by atoms with Crippen molar-refractivity contribution >= 4 is 11.7 Å². The van der Waals surface area contributed by atoms with Gasteiger partial charge in [-0.05, 0) is 13.0 Å². The fraction of sp³-hybridized carbons (Fsp3) is 0.182. The van der Waals surface area contributed by atoms with Crippen LogP contribution in [0.25, 0.3) is 0 Å². The fourth-order valence-corrected chi connectivity index (χ4v) is 1.49. The van der Waals surface area contributed by atoms with E-state index in [4.69, 9.17) is 5.73 Å². The van der Waals surface area contributed by atoms with E-state index in [1.807, 2.05) is 0 Å². The highest BCUT2D eigenvalue weighted by molar-refractivity contribution is 5.95. The van der Waals surface area contributed by atoms with Crippen molar-refractivity contribution in [3.05, 3.63) is 41.6 Å². The summed E-state index contributed by atoms with van der Waals surface area (Å²) in [7, 11) is 0. The molecule has 6 nitrogen and oxygen atoms in total. The number of halogens is 1. The van der Waals surface area contributed by atoms with E-state index in [0.29, 0.717) is 0 Å². The molecule has 2 aromatic heterocycles. The Labute approximate surface area is 102 Å². The maximum absolute atomic E-state index is 13.6. The molecule has 1 unspecified atom stereocenters. The van der Waals surface area contributed by atoms with Crippen molar-refractivity contribution in [2.75, 3.05) is 5.73 Å². The molecule has 1 atom stereocenters. The third-order valence-electron chi connectivity index (χ3n) is 2.53. The van der Waals surface area contributed by atoms with E-state index < -0.39 is 11.7 Å². The molecule has 0 bridgehead atoms. The predicted octanol–water partition coefficient (Wildman–Crippen LogP) is 1.02. The Morgan fingerprint density at radius 2 is 2.39 bits per heavy atom. The molecule has 94 valence electrons. The molecule has 18 heavy (non-hydrogen) atoms. The van der Waals surface area contributed by atoms with Crippen LogP contribution in [-0.2, 0) is 0 Å². The van der Waals surface area contributed by atoms with Crippen LogP contribution in [0.5, 0.6) is 0 Å². The average molecular weight is 249 g/mol. The summed E-state index contributed by atoms with van der Waals surface area (Å²) in [6.07, 6.45) is 4.53. The van der Waals surface area contributed by atoms with Gasteiger partial charge < -0.3 is 11.1 Å². The van der Waals surface area contributed by atoms with E-state index >= 15 is 0 Å². The van der Waals surface area contributed by atoms with Gasteiger partial charge in [-0.15, -0.1) is 0 Å². The van der Waals surface area contributed by atoms with Gasteiger partial charge in [-0.25, -0.2) is 9.37 Å². The number of hydrogen-bond acceptors (Lipinski definition) is 4. The zero-order chi connectivity index (χ0) is 13.1. The number of aromatic nitrogens is 3. The van der Waals surface area contributed by atoms with Crippen LogP contribution in [0.15, 0.2) is 24.7 Å². The van der Waals surface area contributed by atoms with Crippen molar-refractivity contribution in [2.45, 2.75) is 13.0 Å². The van der Waals surface area contributed by atoms with Gasteiger partial charge in [0.2, 0.25) is 0 Å². The molecule has 0 aliphatic carbocycles. The molecule has 0 spiro atoms. The third kappa shape index (κ3) is 2.29. The van der Waals surface area contributed by atoms with Gasteiger partial charge >= 0.3 is 0 Å². The summed E-state index contributed by atoms with van der Waals surface area (Å²) < 4.78 is 13.6. The Hall–Kier alpha value is -2.44. The molecule has 2 heterocycles. The molecular weight excluding hydrogens is 237 g/mol. The summed E-state index contributed by atoms with van der Waals surface area (Å²) in [6.45, 7) is 1.77. The summed E-state index contributed by atoms with van der Waals surface area (Å²) in [5.41, 5.74) is 5.97. The van der Waals surface area contributed by atoms with E-state index in [9.17, 15) is 9.18 Å². The second kappa shape index (κ2) is 4.82. The van der Waals surface area contributed by atoms with Gasteiger partial charge in [0.25, 0.3) is 5.91 Å². The first-order valence-corrected chi connectivity index (χ1v) is 5.29. The largest absolute Gasteiger partial charge is 0.381 e. The molecule has 0 fully saturated rings. The quantitative estimate of drug-likeness (QED) is 0.756. The van der Waals surface area contributed by atoms with Gasteiger partial charge in [0, 0.05) is 18.0 Å². The number of aromatic amines is 1. The lowest BCUT2D eigenvalue weighted by Crippen LogP contribution is -2.27. The highest BCUT2D eigenvalue weighted by atomic mass is 19.1. The van der Waals surface area contributed by atoms with Crippen molar-refractivity contribution in [2.24, 2.45) is 0 Å². The number of carbonyl (C=O) groups is 1. The van der Waals surface area contributed by atoms with E-state index in [-0.39, 0.29) is 17.4 Å². The number of pyridine rings is 1. The number of nitrogen functional groups attached to an aromatic ring is 1. The van der Waals surface area contributed by atoms with Crippen LogP contribution in [0.3, 0.4) is 0 Å². The summed E-state index contributed by atoms with van der Waals surface area (Å²) in [6, 6.07) is 0.994. The molecule has 0 radical (unpaired) electrons. The molecule has 4 N–H and O–H groups in total. The number of carbonyl (C=O) groups excluding carboxylic acids is 1. The van der Waals surface area contributed by atoms with Crippen LogP contribution in [0, 0.1) is 5.82 Å². The summed E-state index contributed by atoms with van der Waals surface area (Å²) in [5.74, 6) is -1.65. The van der Waals surface area contributed by atoms with Crippen molar-refractivity contribution in [1.29, 1.82) is 0 Å². The van der Waals surface area contributed by atoms with Crippen LogP contribution < -0.4 is 11.1 Å². The molecule has 7 heteroatoms. The predicted molar refractivity (Wildman–Crippen MR) is 63.1 cm³/mol. The zero-order valence-electron chi connectivity index (χ0n) is 9.64. The number of nitrogens with two attached hydrogens (primary N) is 1. The smallest absolute Gasteiger partial charge is 0.254 e. The van der Waals surface area contributed by atoms with Crippen LogP contribution >= 0.6 is 0 Å². The fourth-order valence-electron chi connectivity index (χ4n) is 1.49. The summed E-state index contributed by atoms with van der Waals surface area (Å²) in [5, 5.41) is 9.06. The normalized spacial score (nSPS) is 12.1. The minimum Gasteiger partial charge on any atom is -0.381 e. The first kappa shape index (κ1) is 12.0. The van der Waals surface area contributed by atoms with Crippen molar-refractivity contribution in [3.63, 3.8) is 0 Å². The highest BCUT2D eigenvalue weighted by Gasteiger charge is 2.17. The van der Waals surface area contributed by atoms with Gasteiger partial charge in [0.15, 0.2) is 11.6 Å². The first-order valence-electron chi connectivity index (χ1n) is 5.29. The highest BCUT2D eigenvalue weighted by Crippen LogP contribution is 2.14. The van der Waals surface area contributed by atoms with Gasteiger partial charge in [-0.2, -0.15) is 5.10 Å². The Kier molecular flexibility index (Phi) is 3.22. The van der Waals surface area contributed by atoms with E-state index in [1.165, 1.54) is 12.3 Å². The monoisotopic (exact) mass is 249 g/mol. The van der Waals surface area contributed by atoms with Crippen LogP contribution in [0.1, 0.15) is 28.9 Å². The SMILES string of the molecule is CC(NC(=O)c1ccnc(N)c1F)c1cn[nH]c1. The zero-order valence-corrected chi connectivity index (χ0v) is 9.64. The number of amides is 1. The van der Waals surface area contributed by atoms with Crippen LogP contribution in [0.2, 0.25) is 0 Å². The van der Waals surface area contributed by atoms with Crippen LogP contribution in [-0.4, -0.2) is 21.1 Å². The molecule has 2 rings (SSSR count). The maximum atomic E-state index is 13.6. The molecule has 0 saturated carbocycles. The Balaban J connectivity index is 2.15. The van der Waals surface area contributed by atoms with Gasteiger partial charge in [0.1, 0.15) is 0 Å². The Bertz CT molecular complexity index is 555. The lowest BCUT2D eigenvalue weighted by molar-refractivity contribution is 0.0936. The van der Waals surface area contributed by atoms with Gasteiger partial charge in [0.05, 0.1) is 17.8 Å². The first-order chi connectivity index (χ1) is 8.59. The van der Waals surface area contributed by atoms with E-state index in [1.54, 1.807) is 19.3 Å². The Morgan fingerprint density at radius 3 is 3.06 bits per heavy atom. The average Bonchev–Trinajstić information content (AvgIpc) is 2.86. The van der Waals surface area contributed by atoms with Gasteiger partial charge in [-0.1, -0.05) is 0 Å². The van der Waals surface area contributed by atoms with Crippen LogP contribution in [0.4, 0.5) is 10.2 Å². The number of rotatable bonds is 3. The van der Waals surface area contributed by atoms with Crippen molar-refractivity contribution < 1.29 is 9.18 Å². The minimum atomic E-state index is -0.811. The lowest BCUT2D eigenvalue weighted by atomic mass is 10.1. The molecule has 0 aromatic carbocycles. The standard InChI is InChI=1S/C11H12FN5O/c1-6(7-4-15-16-5-7)17-11(18)8-2-3-14-10(13)9(8)12/h2-6H,1H3,(H2,13,14)(H,15,16)(H,17,18). The van der Waals surface area contributed by atoms with Gasteiger partial charge in [-0.3, -0.25) is 9.89 Å². The molecule has 0 aliphatic rings. The van der Waals surface area contributed by atoms with E-state index in [0.717, 1.165) is 5.56 Å². The second-order valence-electron chi connectivity index (χ2n) is 3.78. The number of anilines is 1. The van der Waals surface area contributed by atoms with Crippen molar-refractivity contribution in [3.8, 4) is 0 Å². The van der Waals surface area contributed by atoms with Crippen molar-refractivity contribution in [1.82, 2.24) is 20.5 Å². The lowest BCUT2D eigenvalue weighted by Gasteiger charge is -2.12. The molecule has 2 aromatic rings. The van der Waals surface area contributed by atoms with E-state index in [2.05, 4.69) is 20.5 Å². The molecule has 1 amide bonds. The third-order valence-corrected chi connectivity index (χ3v) is 2.53. The molecule has 0 aliphatic heterocycles. The molecular formula is C11H12FN5O. The molecule has 0 saturated heterocycles. The summed E-state index contributed by atoms with van der Waals surface area (Å²) >= 11 is 0. The summed E-state index contributed by atoms with van der Waals surface area (Å²) in [4.78, 5) is 15.4. The second-order valence-corrected chi connectivity index (χ2v) is 3.78. The number of hydrogen-bond donors (Lipinski definition) is 3. The number of nitrogens with one attached hydrogen (secondary N) is 2. The minimum absolute atomic E-state index is 0.127. The maximum Gasteiger partial charge on any atom is 0.254 e. The topological polar surface area (TPSA) is 96.7 Å². The Morgan fingerprint density at radius 1 is 1.61 bits per heavy atom.